The van der Waals surface area contributed by atoms with Crippen molar-refractivity contribution < 1.29 is 9.59 Å². The molecule has 0 saturated heterocycles. The first-order chi connectivity index (χ1) is 15.1. The summed E-state index contributed by atoms with van der Waals surface area (Å²) in [6.07, 6.45) is 6.22. The van der Waals surface area contributed by atoms with Crippen molar-refractivity contribution in [2.45, 2.75) is 38.5 Å². The summed E-state index contributed by atoms with van der Waals surface area (Å²) < 4.78 is 0. The van der Waals surface area contributed by atoms with E-state index >= 15 is 0 Å². The van der Waals surface area contributed by atoms with Crippen LogP contribution in [-0.2, 0) is 0 Å². The molecule has 31 heavy (non-hydrogen) atoms. The number of rotatable bonds is 14. The second-order valence-electron chi connectivity index (χ2n) is 8.00. The van der Waals surface area contributed by atoms with Gasteiger partial charge in [0.2, 0.25) is 0 Å². The van der Waals surface area contributed by atoms with Crippen LogP contribution < -0.4 is 16.4 Å². The molecule has 7 heteroatoms. The Balaban J connectivity index is 1.36. The number of amides is 2. The first-order valence-corrected chi connectivity index (χ1v) is 11.7. The van der Waals surface area contributed by atoms with Crippen molar-refractivity contribution in [3.8, 4) is 0 Å². The van der Waals surface area contributed by atoms with E-state index in [2.05, 4.69) is 10.6 Å². The van der Waals surface area contributed by atoms with E-state index in [0.717, 1.165) is 76.6 Å². The maximum absolute atomic E-state index is 12.9. The largest absolute Gasteiger partial charge is 0.330 e. The molecule has 2 aromatic carbocycles. The van der Waals surface area contributed by atoms with Crippen LogP contribution in [0.1, 0.15) is 59.2 Å². The lowest BCUT2D eigenvalue weighted by Gasteiger charge is -2.27. The van der Waals surface area contributed by atoms with Crippen molar-refractivity contribution in [3.05, 3.63) is 46.5 Å². The van der Waals surface area contributed by atoms with Crippen LogP contribution in [0.2, 0.25) is 5.02 Å². The van der Waals surface area contributed by atoms with Gasteiger partial charge in [0.1, 0.15) is 0 Å². The second-order valence-corrected chi connectivity index (χ2v) is 8.40. The number of carbonyl (C=O) groups excluding carboxylic acids is 2. The van der Waals surface area contributed by atoms with Gasteiger partial charge in [0.15, 0.2) is 0 Å². The molecule has 0 fully saturated rings. The Morgan fingerprint density at radius 1 is 0.774 bits per heavy atom. The molecule has 0 aromatic heterocycles. The highest BCUT2D eigenvalue weighted by atomic mass is 35.5. The molecule has 6 nitrogen and oxygen atoms in total. The van der Waals surface area contributed by atoms with E-state index in [4.69, 9.17) is 17.3 Å². The van der Waals surface area contributed by atoms with Crippen molar-refractivity contribution in [2.24, 2.45) is 5.73 Å². The first-order valence-electron chi connectivity index (χ1n) is 11.3. The molecule has 0 aliphatic carbocycles. The molecule has 1 aliphatic heterocycles. The van der Waals surface area contributed by atoms with E-state index in [1.165, 1.54) is 4.90 Å². The van der Waals surface area contributed by atoms with Crippen LogP contribution in [-0.4, -0.2) is 56.0 Å². The molecule has 0 bridgehead atoms. The Kier molecular flexibility index (Phi) is 9.28. The molecule has 0 radical (unpaired) electrons. The number of unbranched alkanes of at least 4 members (excludes halogenated alkanes) is 3. The zero-order valence-corrected chi connectivity index (χ0v) is 18.8. The summed E-state index contributed by atoms with van der Waals surface area (Å²) in [6.45, 7) is 5.17. The Morgan fingerprint density at radius 2 is 1.35 bits per heavy atom. The Morgan fingerprint density at radius 3 is 2.00 bits per heavy atom. The highest BCUT2D eigenvalue weighted by Gasteiger charge is 2.32. The maximum Gasteiger partial charge on any atom is 0.261 e. The van der Waals surface area contributed by atoms with Gasteiger partial charge in [0.05, 0.1) is 0 Å². The van der Waals surface area contributed by atoms with Crippen molar-refractivity contribution in [3.63, 3.8) is 0 Å². The maximum atomic E-state index is 12.9. The van der Waals surface area contributed by atoms with Gasteiger partial charge in [-0.25, -0.2) is 0 Å². The second kappa shape index (κ2) is 12.2. The number of nitrogens with one attached hydrogen (secondary N) is 2. The molecule has 1 heterocycles. The SMILES string of the molecule is NCCCCNCCCCNCCCCN1C(=O)c2cccc3c(Cl)ccc(c23)C1=O. The van der Waals surface area contributed by atoms with E-state index in [-0.39, 0.29) is 11.8 Å². The highest BCUT2D eigenvalue weighted by molar-refractivity contribution is 6.38. The zero-order valence-electron chi connectivity index (χ0n) is 18.1. The minimum absolute atomic E-state index is 0.225. The number of hydrogen-bond acceptors (Lipinski definition) is 5. The summed E-state index contributed by atoms with van der Waals surface area (Å²) in [7, 11) is 0. The summed E-state index contributed by atoms with van der Waals surface area (Å²) in [6, 6.07) is 8.90. The average molecular weight is 445 g/mol. The first kappa shape index (κ1) is 23.7. The third-order valence-electron chi connectivity index (χ3n) is 5.69. The fraction of sp³-hybridized carbons (Fsp3) is 0.500. The molecule has 3 rings (SSSR count). The van der Waals surface area contributed by atoms with Gasteiger partial charge >= 0.3 is 0 Å². The number of imide groups is 1. The fourth-order valence-electron chi connectivity index (χ4n) is 3.98. The number of nitrogens with zero attached hydrogens (tertiary/aromatic N) is 1. The van der Waals surface area contributed by atoms with Gasteiger partial charge in [-0.1, -0.05) is 23.7 Å². The predicted molar refractivity (Wildman–Crippen MR) is 127 cm³/mol. The predicted octanol–water partition coefficient (Wildman–Crippen LogP) is 3.57. The molecule has 168 valence electrons. The van der Waals surface area contributed by atoms with Gasteiger partial charge in [-0.15, -0.1) is 0 Å². The third kappa shape index (κ3) is 6.04. The third-order valence-corrected chi connectivity index (χ3v) is 6.02. The minimum Gasteiger partial charge on any atom is -0.330 e. The summed E-state index contributed by atoms with van der Waals surface area (Å²) in [5.74, 6) is -0.449. The molecule has 4 N–H and O–H groups in total. The van der Waals surface area contributed by atoms with Crippen LogP contribution in [0.4, 0.5) is 0 Å². The van der Waals surface area contributed by atoms with Crippen LogP contribution in [0.25, 0.3) is 10.8 Å². The van der Waals surface area contributed by atoms with Gasteiger partial charge < -0.3 is 16.4 Å². The molecule has 0 atom stereocenters. The Hall–Kier alpha value is -1.99. The molecule has 2 amide bonds. The van der Waals surface area contributed by atoms with E-state index in [0.29, 0.717) is 28.1 Å². The number of carbonyl (C=O) groups is 2. The lowest BCUT2D eigenvalue weighted by Crippen LogP contribution is -2.41. The Bertz CT molecular complexity index is 880. The molecule has 0 spiro atoms. The number of benzene rings is 2. The summed E-state index contributed by atoms with van der Waals surface area (Å²) in [5.41, 5.74) is 6.60. The zero-order chi connectivity index (χ0) is 22.1. The van der Waals surface area contributed by atoms with E-state index < -0.39 is 0 Å². The molecular formula is C24H33ClN4O2. The molecular weight excluding hydrogens is 412 g/mol. The van der Waals surface area contributed by atoms with Gasteiger partial charge in [-0.05, 0) is 89.4 Å². The van der Waals surface area contributed by atoms with Gasteiger partial charge in [-0.2, -0.15) is 0 Å². The molecule has 1 aliphatic rings. The topological polar surface area (TPSA) is 87.5 Å². The number of nitrogens with two attached hydrogens (primary N) is 1. The van der Waals surface area contributed by atoms with Gasteiger partial charge in [-0.3, -0.25) is 14.5 Å². The van der Waals surface area contributed by atoms with Gasteiger partial charge in [0.25, 0.3) is 11.8 Å². The molecule has 0 saturated carbocycles. The monoisotopic (exact) mass is 444 g/mol. The number of hydrogen-bond donors (Lipinski definition) is 3. The standard InChI is InChI=1S/C24H33ClN4O2/c25-21-11-10-20-22-18(21)8-7-9-19(22)23(30)29(24(20)31)17-6-5-16-28-15-4-3-14-27-13-2-1-12-26/h7-11,27-28H,1-6,12-17,26H2. The van der Waals surface area contributed by atoms with E-state index in [9.17, 15) is 9.59 Å². The van der Waals surface area contributed by atoms with E-state index in [1.807, 2.05) is 12.1 Å². The Labute approximate surface area is 189 Å². The molecule has 0 unspecified atom stereocenters. The average Bonchev–Trinajstić information content (AvgIpc) is 2.78. The van der Waals surface area contributed by atoms with Crippen LogP contribution >= 0.6 is 11.6 Å². The quantitative estimate of drug-likeness (QED) is 0.306. The van der Waals surface area contributed by atoms with Crippen LogP contribution in [0.15, 0.2) is 30.3 Å². The molecule has 2 aromatic rings. The van der Waals surface area contributed by atoms with Crippen molar-refractivity contribution in [1.82, 2.24) is 15.5 Å². The summed E-state index contributed by atoms with van der Waals surface area (Å²) >= 11 is 6.26. The summed E-state index contributed by atoms with van der Waals surface area (Å²) in [4.78, 5) is 27.2. The van der Waals surface area contributed by atoms with Crippen molar-refractivity contribution in [2.75, 3.05) is 39.3 Å². The lowest BCUT2D eigenvalue weighted by atomic mass is 9.94. The smallest absolute Gasteiger partial charge is 0.261 e. The van der Waals surface area contributed by atoms with Crippen molar-refractivity contribution >= 4 is 34.2 Å². The highest BCUT2D eigenvalue weighted by Crippen LogP contribution is 2.34. The van der Waals surface area contributed by atoms with Gasteiger partial charge in [0, 0.05) is 33.5 Å². The lowest BCUT2D eigenvalue weighted by molar-refractivity contribution is 0.0608. The fourth-order valence-corrected chi connectivity index (χ4v) is 4.20. The van der Waals surface area contributed by atoms with Crippen LogP contribution in [0, 0.1) is 0 Å². The summed E-state index contributed by atoms with van der Waals surface area (Å²) in [5, 5.41) is 8.87. The minimum atomic E-state index is -0.225. The normalized spacial score (nSPS) is 13.4. The number of halogens is 1. The van der Waals surface area contributed by atoms with Crippen LogP contribution in [0.3, 0.4) is 0 Å². The van der Waals surface area contributed by atoms with Crippen LogP contribution in [0.5, 0.6) is 0 Å². The van der Waals surface area contributed by atoms with Crippen molar-refractivity contribution in [1.29, 1.82) is 0 Å². The van der Waals surface area contributed by atoms with E-state index in [1.54, 1.807) is 18.2 Å².